The van der Waals surface area contributed by atoms with Gasteiger partial charge in [0.25, 0.3) is 0 Å². The SMILES string of the molecule is CC1CN(CC(C(=O)NN)c2ccccc2)CCC1O. The summed E-state index contributed by atoms with van der Waals surface area (Å²) >= 11 is 0. The summed E-state index contributed by atoms with van der Waals surface area (Å²) in [4.78, 5) is 14.2. The number of nitrogens with zero attached hydrogens (tertiary/aromatic N) is 1. The zero-order chi connectivity index (χ0) is 14.5. The first kappa shape index (κ1) is 15.0. The molecular weight excluding hydrogens is 254 g/mol. The van der Waals surface area contributed by atoms with Gasteiger partial charge in [0.1, 0.15) is 0 Å². The predicted octanol–water partition coefficient (Wildman–Crippen LogP) is 0.463. The number of nitrogens with two attached hydrogens (primary N) is 1. The average molecular weight is 277 g/mol. The van der Waals surface area contributed by atoms with Crippen LogP contribution in [0.1, 0.15) is 24.8 Å². The minimum Gasteiger partial charge on any atom is -0.393 e. The van der Waals surface area contributed by atoms with Gasteiger partial charge in [-0.3, -0.25) is 10.2 Å². The molecule has 0 aromatic heterocycles. The molecule has 1 aromatic rings. The number of amides is 1. The van der Waals surface area contributed by atoms with Gasteiger partial charge in [0.2, 0.25) is 5.91 Å². The van der Waals surface area contributed by atoms with Crippen molar-refractivity contribution in [3.05, 3.63) is 35.9 Å². The van der Waals surface area contributed by atoms with E-state index in [1.54, 1.807) is 0 Å². The van der Waals surface area contributed by atoms with Gasteiger partial charge in [-0.1, -0.05) is 37.3 Å². The van der Waals surface area contributed by atoms with Crippen molar-refractivity contribution in [2.24, 2.45) is 11.8 Å². The van der Waals surface area contributed by atoms with E-state index in [-0.39, 0.29) is 23.8 Å². The molecule has 2 rings (SSSR count). The molecule has 4 N–H and O–H groups in total. The molecule has 1 saturated heterocycles. The quantitative estimate of drug-likeness (QED) is 0.424. The van der Waals surface area contributed by atoms with E-state index in [4.69, 9.17) is 5.84 Å². The fourth-order valence-electron chi connectivity index (χ4n) is 2.77. The number of piperidine rings is 1. The summed E-state index contributed by atoms with van der Waals surface area (Å²) in [5, 5.41) is 9.78. The van der Waals surface area contributed by atoms with Crippen LogP contribution in [0.5, 0.6) is 0 Å². The molecule has 3 unspecified atom stereocenters. The maximum absolute atomic E-state index is 12.0. The fraction of sp³-hybridized carbons (Fsp3) is 0.533. The Bertz CT molecular complexity index is 438. The minimum absolute atomic E-state index is 0.171. The van der Waals surface area contributed by atoms with Gasteiger partial charge in [0.15, 0.2) is 0 Å². The third-order valence-corrected chi connectivity index (χ3v) is 4.05. The number of aliphatic hydroxyl groups excluding tert-OH is 1. The van der Waals surface area contributed by atoms with Gasteiger partial charge in [-0.15, -0.1) is 0 Å². The standard InChI is InChI=1S/C15H23N3O2/c1-11-9-18(8-7-14(11)19)10-13(15(20)17-16)12-5-3-2-4-6-12/h2-6,11,13-14,19H,7-10,16H2,1H3,(H,17,20). The van der Waals surface area contributed by atoms with Gasteiger partial charge in [-0.25, -0.2) is 5.84 Å². The second kappa shape index (κ2) is 6.83. The molecule has 5 heteroatoms. The van der Waals surface area contributed by atoms with Crippen LogP contribution in [0.4, 0.5) is 0 Å². The number of hydrazine groups is 1. The van der Waals surface area contributed by atoms with Crippen molar-refractivity contribution in [2.45, 2.75) is 25.4 Å². The second-order valence-corrected chi connectivity index (χ2v) is 5.56. The number of hydrogen-bond acceptors (Lipinski definition) is 4. The van der Waals surface area contributed by atoms with Crippen molar-refractivity contribution >= 4 is 5.91 Å². The molecule has 1 aromatic carbocycles. The molecule has 3 atom stereocenters. The average Bonchev–Trinajstić information content (AvgIpc) is 2.48. The first-order chi connectivity index (χ1) is 9.61. The van der Waals surface area contributed by atoms with Crippen LogP contribution in [0, 0.1) is 5.92 Å². The molecule has 0 saturated carbocycles. The third-order valence-electron chi connectivity index (χ3n) is 4.05. The van der Waals surface area contributed by atoms with Crippen LogP contribution in [0.2, 0.25) is 0 Å². The molecular formula is C15H23N3O2. The highest BCUT2D eigenvalue weighted by molar-refractivity contribution is 5.83. The summed E-state index contributed by atoms with van der Waals surface area (Å²) in [6, 6.07) is 9.67. The smallest absolute Gasteiger partial charge is 0.242 e. The van der Waals surface area contributed by atoms with Gasteiger partial charge in [-0.05, 0) is 17.9 Å². The predicted molar refractivity (Wildman–Crippen MR) is 77.7 cm³/mol. The first-order valence-electron chi connectivity index (χ1n) is 7.07. The van der Waals surface area contributed by atoms with Crippen molar-refractivity contribution in [3.63, 3.8) is 0 Å². The van der Waals surface area contributed by atoms with Crippen LogP contribution in [0.15, 0.2) is 30.3 Å². The number of rotatable bonds is 4. The lowest BCUT2D eigenvalue weighted by atomic mass is 9.93. The van der Waals surface area contributed by atoms with Crippen molar-refractivity contribution in [1.29, 1.82) is 0 Å². The summed E-state index contributed by atoms with van der Waals surface area (Å²) < 4.78 is 0. The van der Waals surface area contributed by atoms with E-state index >= 15 is 0 Å². The van der Waals surface area contributed by atoms with Crippen LogP contribution in [-0.4, -0.2) is 41.7 Å². The Morgan fingerprint density at radius 1 is 1.50 bits per heavy atom. The lowest BCUT2D eigenvalue weighted by Gasteiger charge is -2.36. The summed E-state index contributed by atoms with van der Waals surface area (Å²) in [5.41, 5.74) is 3.23. The van der Waals surface area contributed by atoms with Crippen LogP contribution in [0.3, 0.4) is 0 Å². The van der Waals surface area contributed by atoms with E-state index in [2.05, 4.69) is 10.3 Å². The summed E-state index contributed by atoms with van der Waals surface area (Å²) in [6.45, 7) is 4.29. The molecule has 20 heavy (non-hydrogen) atoms. The highest BCUT2D eigenvalue weighted by Gasteiger charge is 2.28. The Morgan fingerprint density at radius 2 is 2.20 bits per heavy atom. The Labute approximate surface area is 119 Å². The topological polar surface area (TPSA) is 78.6 Å². The zero-order valence-corrected chi connectivity index (χ0v) is 11.8. The van der Waals surface area contributed by atoms with Crippen molar-refractivity contribution in [1.82, 2.24) is 10.3 Å². The van der Waals surface area contributed by atoms with E-state index in [1.807, 2.05) is 37.3 Å². The van der Waals surface area contributed by atoms with Gasteiger partial charge in [-0.2, -0.15) is 0 Å². The monoisotopic (exact) mass is 277 g/mol. The third kappa shape index (κ3) is 3.56. The lowest BCUT2D eigenvalue weighted by molar-refractivity contribution is -0.123. The molecule has 1 aliphatic rings. The zero-order valence-electron chi connectivity index (χ0n) is 11.8. The highest BCUT2D eigenvalue weighted by Crippen LogP contribution is 2.22. The lowest BCUT2D eigenvalue weighted by Crippen LogP contribution is -2.46. The largest absolute Gasteiger partial charge is 0.393 e. The van der Waals surface area contributed by atoms with Crippen LogP contribution in [0.25, 0.3) is 0 Å². The second-order valence-electron chi connectivity index (χ2n) is 5.56. The summed E-state index contributed by atoms with van der Waals surface area (Å²) in [7, 11) is 0. The number of carbonyl (C=O) groups excluding carboxylic acids is 1. The van der Waals surface area contributed by atoms with E-state index < -0.39 is 0 Å². The molecule has 1 heterocycles. The van der Waals surface area contributed by atoms with Gasteiger partial charge in [0, 0.05) is 19.6 Å². The molecule has 0 aliphatic carbocycles. The number of likely N-dealkylation sites (tertiary alicyclic amines) is 1. The number of nitrogens with one attached hydrogen (secondary N) is 1. The van der Waals surface area contributed by atoms with Gasteiger partial charge < -0.3 is 10.0 Å². The molecule has 5 nitrogen and oxygen atoms in total. The summed E-state index contributed by atoms with van der Waals surface area (Å²) in [5.74, 6) is 5.10. The van der Waals surface area contributed by atoms with Gasteiger partial charge >= 0.3 is 0 Å². The van der Waals surface area contributed by atoms with Crippen molar-refractivity contribution < 1.29 is 9.90 Å². The van der Waals surface area contributed by atoms with E-state index in [0.717, 1.165) is 25.1 Å². The fourth-order valence-corrected chi connectivity index (χ4v) is 2.77. The van der Waals surface area contributed by atoms with E-state index in [9.17, 15) is 9.90 Å². The maximum Gasteiger partial charge on any atom is 0.242 e. The molecule has 1 aliphatic heterocycles. The van der Waals surface area contributed by atoms with Crippen LogP contribution < -0.4 is 11.3 Å². The normalized spacial score (nSPS) is 25.1. The molecule has 0 radical (unpaired) electrons. The molecule has 1 fully saturated rings. The van der Waals surface area contributed by atoms with Crippen molar-refractivity contribution in [3.8, 4) is 0 Å². The van der Waals surface area contributed by atoms with Crippen LogP contribution >= 0.6 is 0 Å². The molecule has 0 spiro atoms. The Hall–Kier alpha value is -1.43. The van der Waals surface area contributed by atoms with Crippen molar-refractivity contribution in [2.75, 3.05) is 19.6 Å². The highest BCUT2D eigenvalue weighted by atomic mass is 16.3. The number of hydrogen-bond donors (Lipinski definition) is 3. The molecule has 1 amide bonds. The number of carbonyl (C=O) groups is 1. The van der Waals surface area contributed by atoms with Gasteiger partial charge in [0.05, 0.1) is 12.0 Å². The minimum atomic E-state index is -0.274. The Kier molecular flexibility index (Phi) is 5.11. The maximum atomic E-state index is 12.0. The summed E-state index contributed by atoms with van der Waals surface area (Å²) in [6.07, 6.45) is 0.525. The van der Waals surface area contributed by atoms with Crippen LogP contribution in [-0.2, 0) is 4.79 Å². The number of aliphatic hydroxyl groups is 1. The molecule has 110 valence electrons. The Morgan fingerprint density at radius 3 is 2.80 bits per heavy atom. The number of benzene rings is 1. The Balaban J connectivity index is 2.07. The first-order valence-corrected chi connectivity index (χ1v) is 7.07. The molecule has 0 bridgehead atoms. The van der Waals surface area contributed by atoms with E-state index in [0.29, 0.717) is 6.54 Å². The van der Waals surface area contributed by atoms with E-state index in [1.165, 1.54) is 0 Å².